The van der Waals surface area contributed by atoms with E-state index in [0.717, 1.165) is 22.2 Å². The number of aromatic nitrogens is 2. The lowest BCUT2D eigenvalue weighted by Crippen LogP contribution is -2.23. The molecule has 0 saturated heterocycles. The van der Waals surface area contributed by atoms with Crippen LogP contribution in [-0.4, -0.2) is 27.1 Å². The van der Waals surface area contributed by atoms with Gasteiger partial charge in [-0.25, -0.2) is 8.78 Å². The maximum atomic E-state index is 13.6. The van der Waals surface area contributed by atoms with Gasteiger partial charge in [0, 0.05) is 5.75 Å². The maximum absolute atomic E-state index is 13.6. The van der Waals surface area contributed by atoms with Crippen LogP contribution < -0.4 is 5.32 Å². The molecule has 0 radical (unpaired) electrons. The number of nitrogens with one attached hydrogen (secondary N) is 1. The summed E-state index contributed by atoms with van der Waals surface area (Å²) in [6.07, 6.45) is 0. The molecule has 0 unspecified atom stereocenters. The molecule has 9 heteroatoms. The number of nitrogens with zero attached hydrogens (tertiary/aromatic N) is 2. The van der Waals surface area contributed by atoms with Crippen molar-refractivity contribution in [2.24, 2.45) is 5.92 Å². The van der Waals surface area contributed by atoms with Crippen LogP contribution in [0.25, 0.3) is 0 Å². The van der Waals surface area contributed by atoms with Gasteiger partial charge in [0.2, 0.25) is 5.91 Å². The monoisotopic (exact) mass is 389 g/mol. The summed E-state index contributed by atoms with van der Waals surface area (Å²) in [5, 5.41) is 9.84. The summed E-state index contributed by atoms with van der Waals surface area (Å²) in [6.45, 7) is 5.90. The highest BCUT2D eigenvalue weighted by Gasteiger charge is 2.20. The van der Waals surface area contributed by atoms with Gasteiger partial charge in [0.15, 0.2) is 8.68 Å². The van der Waals surface area contributed by atoms with Crippen molar-refractivity contribution in [1.29, 1.82) is 0 Å². The average Bonchev–Trinajstić information content (AvgIpc) is 2.96. The lowest BCUT2D eigenvalue weighted by molar-refractivity contribution is -0.115. The minimum Gasteiger partial charge on any atom is -0.320 e. The van der Waals surface area contributed by atoms with E-state index >= 15 is 0 Å². The Balaban J connectivity index is 1.94. The summed E-state index contributed by atoms with van der Waals surface area (Å²) in [5.74, 6) is -0.597. The quantitative estimate of drug-likeness (QED) is 0.697. The molecular formula is C15H17F2N3OS3. The molecule has 1 aromatic heterocycles. The van der Waals surface area contributed by atoms with Crippen LogP contribution >= 0.6 is 34.9 Å². The zero-order valence-corrected chi connectivity index (χ0v) is 15.8. The van der Waals surface area contributed by atoms with E-state index in [0.29, 0.717) is 10.3 Å². The molecule has 0 bridgehead atoms. The van der Waals surface area contributed by atoms with E-state index in [9.17, 15) is 13.6 Å². The molecule has 130 valence electrons. The lowest BCUT2D eigenvalue weighted by atomic mass is 10.3. The number of hydrogen-bond acceptors (Lipinski definition) is 6. The highest BCUT2D eigenvalue weighted by molar-refractivity contribution is 8.03. The van der Waals surface area contributed by atoms with Crippen molar-refractivity contribution < 1.29 is 13.6 Å². The fourth-order valence-electron chi connectivity index (χ4n) is 1.59. The predicted octanol–water partition coefficient (Wildman–Crippen LogP) is 4.68. The highest BCUT2D eigenvalue weighted by Crippen LogP contribution is 2.32. The molecular weight excluding hydrogens is 372 g/mol. The number of rotatable bonds is 7. The zero-order valence-electron chi connectivity index (χ0n) is 13.4. The molecule has 24 heavy (non-hydrogen) atoms. The molecule has 2 rings (SSSR count). The van der Waals surface area contributed by atoms with Gasteiger partial charge in [-0.2, -0.15) is 0 Å². The Morgan fingerprint density at radius 1 is 1.21 bits per heavy atom. The fourth-order valence-corrected chi connectivity index (χ4v) is 4.73. The summed E-state index contributed by atoms with van der Waals surface area (Å²) in [7, 11) is 0. The number of halogens is 2. The van der Waals surface area contributed by atoms with Crippen molar-refractivity contribution in [3.05, 3.63) is 29.8 Å². The summed E-state index contributed by atoms with van der Waals surface area (Å²) in [5.41, 5.74) is -0.430. The molecule has 1 aromatic carbocycles. The Bertz CT molecular complexity index is 689. The van der Waals surface area contributed by atoms with Crippen molar-refractivity contribution >= 4 is 46.5 Å². The van der Waals surface area contributed by atoms with Crippen LogP contribution in [0.2, 0.25) is 0 Å². The van der Waals surface area contributed by atoms with Crippen molar-refractivity contribution in [3.63, 3.8) is 0 Å². The highest BCUT2D eigenvalue weighted by atomic mass is 32.2. The molecule has 0 saturated carbocycles. The molecule has 1 N–H and O–H groups in total. The molecule has 4 nitrogen and oxygen atoms in total. The van der Waals surface area contributed by atoms with E-state index in [1.54, 1.807) is 18.7 Å². The van der Waals surface area contributed by atoms with Crippen LogP contribution in [0, 0.1) is 17.6 Å². The lowest BCUT2D eigenvalue weighted by Gasteiger charge is -2.11. The SMILES string of the molecule is CC(C)CSc1nnc(S[C@H](C)C(=O)Nc2c(F)cccc2F)s1. The molecule has 1 heterocycles. The van der Waals surface area contributed by atoms with E-state index in [1.165, 1.54) is 29.2 Å². The molecule has 0 aliphatic rings. The predicted molar refractivity (Wildman–Crippen MR) is 95.8 cm³/mol. The number of carbonyl (C=O) groups is 1. The van der Waals surface area contributed by atoms with Crippen LogP contribution in [0.4, 0.5) is 14.5 Å². The Morgan fingerprint density at radius 2 is 1.83 bits per heavy atom. The number of amides is 1. The van der Waals surface area contributed by atoms with E-state index < -0.39 is 28.5 Å². The molecule has 0 spiro atoms. The second-order valence-corrected chi connectivity index (χ2v) is 9.22. The fraction of sp³-hybridized carbons (Fsp3) is 0.400. The van der Waals surface area contributed by atoms with Crippen LogP contribution in [0.1, 0.15) is 20.8 Å². The zero-order chi connectivity index (χ0) is 17.7. The molecule has 1 amide bonds. The normalized spacial score (nSPS) is 12.4. The molecule has 2 aromatic rings. The first kappa shape index (κ1) is 19.1. The third-order valence-corrected chi connectivity index (χ3v) is 6.45. The van der Waals surface area contributed by atoms with Gasteiger partial charge in [-0.15, -0.1) is 10.2 Å². The van der Waals surface area contributed by atoms with Crippen molar-refractivity contribution in [1.82, 2.24) is 10.2 Å². The minimum absolute atomic E-state index is 0.430. The van der Waals surface area contributed by atoms with Gasteiger partial charge in [-0.05, 0) is 25.0 Å². The van der Waals surface area contributed by atoms with Gasteiger partial charge in [-0.1, -0.05) is 54.8 Å². The van der Waals surface area contributed by atoms with Crippen molar-refractivity contribution in [3.8, 4) is 0 Å². The largest absolute Gasteiger partial charge is 0.320 e. The first-order valence-corrected chi connectivity index (χ1v) is 9.92. The Kier molecular flexibility index (Phi) is 7.00. The first-order valence-electron chi connectivity index (χ1n) is 7.24. The van der Waals surface area contributed by atoms with Crippen molar-refractivity contribution in [2.75, 3.05) is 11.1 Å². The summed E-state index contributed by atoms with van der Waals surface area (Å²) in [4.78, 5) is 12.1. The van der Waals surface area contributed by atoms with Gasteiger partial charge >= 0.3 is 0 Å². The third kappa shape index (κ3) is 5.42. The molecule has 0 aliphatic heterocycles. The Labute approximate surface area is 151 Å². The smallest absolute Gasteiger partial charge is 0.237 e. The number of benzene rings is 1. The van der Waals surface area contributed by atoms with E-state index in [2.05, 4.69) is 29.4 Å². The number of hydrogen-bond donors (Lipinski definition) is 1. The summed E-state index contributed by atoms with van der Waals surface area (Å²) in [6, 6.07) is 3.44. The van der Waals surface area contributed by atoms with Crippen molar-refractivity contribution in [2.45, 2.75) is 34.7 Å². The number of anilines is 1. The Hall–Kier alpha value is -1.19. The summed E-state index contributed by atoms with van der Waals surface area (Å²) < 4.78 is 28.6. The van der Waals surface area contributed by atoms with Gasteiger partial charge in [-0.3, -0.25) is 4.79 Å². The third-order valence-electron chi connectivity index (χ3n) is 2.79. The molecule has 0 fully saturated rings. The van der Waals surface area contributed by atoms with E-state index in [1.807, 2.05) is 0 Å². The maximum Gasteiger partial charge on any atom is 0.237 e. The molecule has 0 aliphatic carbocycles. The van der Waals surface area contributed by atoms with Gasteiger partial charge < -0.3 is 5.32 Å². The topological polar surface area (TPSA) is 54.9 Å². The van der Waals surface area contributed by atoms with Gasteiger partial charge in [0.25, 0.3) is 0 Å². The average molecular weight is 390 g/mol. The van der Waals surface area contributed by atoms with Crippen LogP contribution in [0.3, 0.4) is 0 Å². The molecule has 1 atom stereocenters. The summed E-state index contributed by atoms with van der Waals surface area (Å²) >= 11 is 4.24. The number of thioether (sulfide) groups is 2. The van der Waals surface area contributed by atoms with E-state index in [-0.39, 0.29) is 0 Å². The second kappa shape index (κ2) is 8.77. The number of carbonyl (C=O) groups excluding carboxylic acids is 1. The standard InChI is InChI=1S/C15H17F2N3OS3/c1-8(2)7-22-14-19-20-15(24-14)23-9(3)13(21)18-12-10(16)5-4-6-11(12)17/h4-6,8-9H,7H2,1-3H3,(H,18,21)/t9-/m1/s1. The van der Waals surface area contributed by atoms with E-state index in [4.69, 9.17) is 0 Å². The number of para-hydroxylation sites is 1. The van der Waals surface area contributed by atoms with Crippen LogP contribution in [0.5, 0.6) is 0 Å². The Morgan fingerprint density at radius 3 is 2.46 bits per heavy atom. The van der Waals surface area contributed by atoms with Gasteiger partial charge in [0.05, 0.1) is 5.25 Å². The van der Waals surface area contributed by atoms with Gasteiger partial charge in [0.1, 0.15) is 17.3 Å². The first-order chi connectivity index (χ1) is 11.4. The minimum atomic E-state index is -0.802. The van der Waals surface area contributed by atoms with Crippen LogP contribution in [0.15, 0.2) is 26.9 Å². The van der Waals surface area contributed by atoms with Crippen LogP contribution in [-0.2, 0) is 4.79 Å². The second-order valence-electron chi connectivity index (χ2n) is 5.38.